The summed E-state index contributed by atoms with van der Waals surface area (Å²) in [4.78, 5) is 49.0. The third kappa shape index (κ3) is 3.34. The van der Waals surface area contributed by atoms with Crippen molar-refractivity contribution in [1.82, 2.24) is 4.57 Å². The molecule has 0 fully saturated rings. The smallest absolute Gasteiger partial charge is 0.381 e. The molecule has 2 rings (SSSR count). The topological polar surface area (TPSA) is 118 Å². The molecule has 2 N–H and O–H groups in total. The molecule has 26 heavy (non-hydrogen) atoms. The number of hydrogen-bond donors (Lipinski definition) is 1. The van der Waals surface area contributed by atoms with Gasteiger partial charge in [-0.1, -0.05) is 12.1 Å². The lowest BCUT2D eigenvalue weighted by Crippen LogP contribution is -2.21. The van der Waals surface area contributed by atoms with Crippen LogP contribution in [0.5, 0.6) is 0 Å². The molecule has 0 aliphatic rings. The zero-order valence-corrected chi connectivity index (χ0v) is 14.6. The Hall–Kier alpha value is -3.42. The molecule has 0 bridgehead atoms. The first-order valence-electron chi connectivity index (χ1n) is 7.72. The number of carbonyl (C=O) groups is 4. The summed E-state index contributed by atoms with van der Waals surface area (Å²) in [6.07, 6.45) is 0. The zero-order valence-electron chi connectivity index (χ0n) is 14.6. The number of benzene rings is 1. The van der Waals surface area contributed by atoms with Crippen LogP contribution < -0.4 is 5.73 Å². The molecule has 136 valence electrons. The molecular formula is C18H18N2O6. The van der Waals surface area contributed by atoms with Crippen LogP contribution in [-0.2, 0) is 21.3 Å². The summed E-state index contributed by atoms with van der Waals surface area (Å²) < 4.78 is 10.5. The predicted octanol–water partition coefficient (Wildman–Crippen LogP) is 1.37. The van der Waals surface area contributed by atoms with Crippen molar-refractivity contribution in [2.75, 3.05) is 19.5 Å². The highest BCUT2D eigenvalue weighted by Crippen LogP contribution is 2.23. The number of nitrogens with zero attached hydrogens (tertiary/aromatic N) is 1. The van der Waals surface area contributed by atoms with Gasteiger partial charge in [-0.3, -0.25) is 9.59 Å². The zero-order chi connectivity index (χ0) is 19.4. The summed E-state index contributed by atoms with van der Waals surface area (Å²) in [5, 5.41) is 0. The molecule has 0 amide bonds. The van der Waals surface area contributed by atoms with E-state index in [9.17, 15) is 19.2 Å². The minimum atomic E-state index is -1.08. The van der Waals surface area contributed by atoms with Crippen molar-refractivity contribution in [1.29, 1.82) is 0 Å². The van der Waals surface area contributed by atoms with Crippen LogP contribution in [0.3, 0.4) is 0 Å². The minimum Gasteiger partial charge on any atom is -0.465 e. The minimum absolute atomic E-state index is 0.0190. The van der Waals surface area contributed by atoms with E-state index in [1.807, 2.05) is 0 Å². The second-order valence-electron chi connectivity index (χ2n) is 5.31. The van der Waals surface area contributed by atoms with Gasteiger partial charge in [0, 0.05) is 18.3 Å². The van der Waals surface area contributed by atoms with Crippen LogP contribution in [0.15, 0.2) is 30.3 Å². The molecule has 0 atom stereocenters. The normalized spacial score (nSPS) is 10.3. The molecule has 0 spiro atoms. The van der Waals surface area contributed by atoms with Crippen molar-refractivity contribution in [3.63, 3.8) is 0 Å². The number of esters is 2. The van der Waals surface area contributed by atoms with E-state index in [-0.39, 0.29) is 34.8 Å². The van der Waals surface area contributed by atoms with Gasteiger partial charge >= 0.3 is 11.9 Å². The Morgan fingerprint density at radius 2 is 1.77 bits per heavy atom. The van der Waals surface area contributed by atoms with E-state index >= 15 is 0 Å². The molecule has 1 heterocycles. The Morgan fingerprint density at radius 3 is 2.35 bits per heavy atom. The van der Waals surface area contributed by atoms with Crippen molar-refractivity contribution in [2.45, 2.75) is 6.92 Å². The summed E-state index contributed by atoms with van der Waals surface area (Å²) in [6, 6.07) is 7.46. The first-order chi connectivity index (χ1) is 12.3. The number of Topliss-reactive ketones (excluding diaryl/α,β-unsaturated/α-hetero) is 1. The van der Waals surface area contributed by atoms with Crippen LogP contribution in [0, 0.1) is 0 Å². The number of methoxy groups -OCH3 is 1. The number of carbonyl (C=O) groups excluding carboxylic acids is 4. The molecule has 8 heteroatoms. The van der Waals surface area contributed by atoms with E-state index < -0.39 is 23.5 Å². The van der Waals surface area contributed by atoms with E-state index in [0.29, 0.717) is 0 Å². The van der Waals surface area contributed by atoms with Crippen LogP contribution in [0.25, 0.3) is 0 Å². The van der Waals surface area contributed by atoms with Gasteiger partial charge in [0.15, 0.2) is 0 Å². The highest BCUT2D eigenvalue weighted by molar-refractivity contribution is 6.40. The molecule has 1 aromatic heterocycles. The Kier molecular flexibility index (Phi) is 5.56. The van der Waals surface area contributed by atoms with Gasteiger partial charge < -0.3 is 19.8 Å². The monoisotopic (exact) mass is 358 g/mol. The number of hydrogen-bond acceptors (Lipinski definition) is 7. The van der Waals surface area contributed by atoms with Gasteiger partial charge in [0.25, 0.3) is 5.78 Å². The molecule has 8 nitrogen and oxygen atoms in total. The number of nitrogens with two attached hydrogens (primary N) is 1. The summed E-state index contributed by atoms with van der Waals surface area (Å²) in [6.45, 7) is 1.58. The molecule has 0 saturated carbocycles. The van der Waals surface area contributed by atoms with E-state index in [1.165, 1.54) is 17.7 Å². The van der Waals surface area contributed by atoms with Crippen molar-refractivity contribution in [3.05, 3.63) is 52.8 Å². The number of ether oxygens (including phenoxy) is 2. The van der Waals surface area contributed by atoms with Crippen LogP contribution >= 0.6 is 0 Å². The molecule has 0 unspecified atom stereocenters. The van der Waals surface area contributed by atoms with Gasteiger partial charge in [-0.25, -0.2) is 9.59 Å². The molecule has 1 aromatic carbocycles. The molecule has 0 radical (unpaired) electrons. The van der Waals surface area contributed by atoms with Crippen molar-refractivity contribution in [2.24, 2.45) is 7.05 Å². The van der Waals surface area contributed by atoms with Crippen molar-refractivity contribution < 1.29 is 28.7 Å². The Bertz CT molecular complexity index is 897. The lowest BCUT2D eigenvalue weighted by atomic mass is 10.0. The second-order valence-corrected chi connectivity index (χ2v) is 5.31. The highest BCUT2D eigenvalue weighted by atomic mass is 16.5. The van der Waals surface area contributed by atoms with Crippen LogP contribution in [0.2, 0.25) is 0 Å². The third-order valence-corrected chi connectivity index (χ3v) is 3.75. The van der Waals surface area contributed by atoms with Gasteiger partial charge in [0.2, 0.25) is 5.78 Å². The molecule has 0 aliphatic carbocycles. The molecule has 2 aromatic rings. The van der Waals surface area contributed by atoms with Crippen LogP contribution in [-0.4, -0.2) is 41.8 Å². The quantitative estimate of drug-likeness (QED) is 0.358. The second kappa shape index (κ2) is 7.64. The molecular weight excluding hydrogens is 340 g/mol. The average Bonchev–Trinajstić information content (AvgIpc) is 2.97. The number of anilines is 1. The lowest BCUT2D eigenvalue weighted by Gasteiger charge is -2.09. The number of nitrogen functional groups attached to an aromatic ring is 1. The number of para-hydroxylation sites is 1. The van der Waals surface area contributed by atoms with Crippen molar-refractivity contribution >= 4 is 29.2 Å². The summed E-state index contributed by atoms with van der Waals surface area (Å²) >= 11 is 0. The summed E-state index contributed by atoms with van der Waals surface area (Å²) in [5.41, 5.74) is 5.79. The lowest BCUT2D eigenvalue weighted by molar-refractivity contribution is -0.137. The van der Waals surface area contributed by atoms with Gasteiger partial charge in [-0.05, 0) is 25.1 Å². The van der Waals surface area contributed by atoms with E-state index in [2.05, 4.69) is 4.74 Å². The molecule has 0 aliphatic heterocycles. The van der Waals surface area contributed by atoms with Gasteiger partial charge in [-0.15, -0.1) is 0 Å². The fraction of sp³-hybridized carbons (Fsp3) is 0.222. The molecule has 0 saturated heterocycles. The Labute approximate surface area is 149 Å². The van der Waals surface area contributed by atoms with E-state index in [4.69, 9.17) is 10.5 Å². The van der Waals surface area contributed by atoms with Crippen molar-refractivity contribution in [3.8, 4) is 0 Å². The highest BCUT2D eigenvalue weighted by Gasteiger charge is 2.31. The van der Waals surface area contributed by atoms with E-state index in [1.54, 1.807) is 25.1 Å². The van der Waals surface area contributed by atoms with Gasteiger partial charge in [0.05, 0.1) is 25.0 Å². The van der Waals surface area contributed by atoms with Gasteiger partial charge in [0.1, 0.15) is 5.69 Å². The average molecular weight is 358 g/mol. The Balaban J connectivity index is 2.63. The largest absolute Gasteiger partial charge is 0.465 e. The standard InChI is InChI=1S/C18H18N2O6/c1-4-26-18(24)16(22)13-9-11(17(23)25-3)14(20(13)2)15(21)10-7-5-6-8-12(10)19/h5-9H,4,19H2,1-3H3. The van der Waals surface area contributed by atoms with Gasteiger partial charge in [-0.2, -0.15) is 0 Å². The fourth-order valence-electron chi connectivity index (χ4n) is 2.49. The Morgan fingerprint density at radius 1 is 1.12 bits per heavy atom. The van der Waals surface area contributed by atoms with E-state index in [0.717, 1.165) is 13.2 Å². The first-order valence-corrected chi connectivity index (χ1v) is 7.72. The number of aromatic nitrogens is 1. The summed E-state index contributed by atoms with van der Waals surface area (Å²) in [5.74, 6) is -3.45. The maximum atomic E-state index is 12.9. The maximum absolute atomic E-state index is 12.9. The predicted molar refractivity (Wildman–Crippen MR) is 92.0 cm³/mol. The SMILES string of the molecule is CCOC(=O)C(=O)c1cc(C(=O)OC)c(C(=O)c2ccccc2N)n1C. The van der Waals surface area contributed by atoms with Crippen LogP contribution in [0.1, 0.15) is 43.8 Å². The third-order valence-electron chi connectivity index (χ3n) is 3.75. The fourth-order valence-corrected chi connectivity index (χ4v) is 2.49. The van der Waals surface area contributed by atoms with Crippen LogP contribution in [0.4, 0.5) is 5.69 Å². The first kappa shape index (κ1) is 18.9. The maximum Gasteiger partial charge on any atom is 0.381 e. The summed E-state index contributed by atoms with van der Waals surface area (Å²) in [7, 11) is 2.54. The number of ketones is 2. The number of rotatable bonds is 6.